The molecule has 2 N–H and O–H groups in total. The van der Waals surface area contributed by atoms with Crippen LogP contribution in [0.5, 0.6) is 0 Å². The van der Waals surface area contributed by atoms with Crippen molar-refractivity contribution in [2.45, 2.75) is 0 Å². The minimum absolute atomic E-state index is 0.138. The Balaban J connectivity index is 2.28. The maximum Gasteiger partial charge on any atom is 0.336 e. The molecule has 0 aliphatic heterocycles. The zero-order chi connectivity index (χ0) is 18.8. The average molecular weight is 354 g/mol. The predicted octanol–water partition coefficient (Wildman–Crippen LogP) is 4.70. The summed E-state index contributed by atoms with van der Waals surface area (Å²) in [6.45, 7) is 0. The number of benzene rings is 3. The lowest BCUT2D eigenvalue weighted by Gasteiger charge is -2.13. The fraction of sp³-hybridized carbons (Fsp3) is 0. The first-order valence-electron chi connectivity index (χ1n) is 7.53. The van der Waals surface area contributed by atoms with Crippen molar-refractivity contribution in [3.63, 3.8) is 0 Å². The first-order chi connectivity index (χ1) is 12.4. The molecule has 0 fully saturated rings. The monoisotopic (exact) mass is 354 g/mol. The largest absolute Gasteiger partial charge is 0.478 e. The van der Waals surface area contributed by atoms with Crippen molar-refractivity contribution >= 4 is 11.9 Å². The Hall–Kier alpha value is -3.54. The topological polar surface area (TPSA) is 74.6 Å². The van der Waals surface area contributed by atoms with Crippen LogP contribution in [0.1, 0.15) is 20.7 Å². The molecule has 4 nitrogen and oxygen atoms in total. The molecule has 0 saturated carbocycles. The van der Waals surface area contributed by atoms with Crippen molar-refractivity contribution in [1.29, 1.82) is 0 Å². The number of carboxylic acid groups (broad SMARTS) is 2. The fourth-order valence-electron chi connectivity index (χ4n) is 2.69. The lowest BCUT2D eigenvalue weighted by molar-refractivity contribution is 0.0682. The molecule has 0 unspecified atom stereocenters. The van der Waals surface area contributed by atoms with E-state index in [4.69, 9.17) is 0 Å². The maximum atomic E-state index is 13.1. The van der Waals surface area contributed by atoms with Crippen molar-refractivity contribution in [2.75, 3.05) is 0 Å². The normalized spacial score (nSPS) is 10.5. The summed E-state index contributed by atoms with van der Waals surface area (Å²) >= 11 is 0. The van der Waals surface area contributed by atoms with Gasteiger partial charge in [-0.2, -0.15) is 0 Å². The van der Waals surface area contributed by atoms with E-state index in [1.165, 1.54) is 36.4 Å². The van der Waals surface area contributed by atoms with Gasteiger partial charge in [0, 0.05) is 0 Å². The molecule has 6 heteroatoms. The van der Waals surface area contributed by atoms with Gasteiger partial charge < -0.3 is 10.2 Å². The predicted molar refractivity (Wildman–Crippen MR) is 91.1 cm³/mol. The van der Waals surface area contributed by atoms with Crippen LogP contribution >= 0.6 is 0 Å². The molecule has 0 aliphatic carbocycles. The molecule has 0 radical (unpaired) electrons. The van der Waals surface area contributed by atoms with Crippen LogP contribution in [-0.2, 0) is 0 Å². The Labute approximate surface area is 147 Å². The Morgan fingerprint density at radius 2 is 0.923 bits per heavy atom. The summed E-state index contributed by atoms with van der Waals surface area (Å²) in [6.07, 6.45) is 0. The molecule has 3 aromatic carbocycles. The molecule has 0 spiro atoms. The number of hydrogen-bond donors (Lipinski definition) is 2. The van der Waals surface area contributed by atoms with Crippen LogP contribution in [0, 0.1) is 11.6 Å². The molecule has 0 aliphatic rings. The number of carboxylic acids is 2. The smallest absolute Gasteiger partial charge is 0.336 e. The average Bonchev–Trinajstić information content (AvgIpc) is 2.62. The summed E-state index contributed by atoms with van der Waals surface area (Å²) < 4.78 is 26.3. The second-order valence-corrected chi connectivity index (χ2v) is 5.57. The van der Waals surface area contributed by atoms with E-state index in [-0.39, 0.29) is 22.3 Å². The van der Waals surface area contributed by atoms with Gasteiger partial charge in [-0.15, -0.1) is 0 Å². The Morgan fingerprint density at radius 3 is 1.19 bits per heavy atom. The van der Waals surface area contributed by atoms with E-state index in [2.05, 4.69) is 0 Å². The minimum atomic E-state index is -1.26. The molecular formula is C20H12F2O4. The molecule has 0 heterocycles. The van der Waals surface area contributed by atoms with Crippen molar-refractivity contribution in [2.24, 2.45) is 0 Å². The van der Waals surface area contributed by atoms with Crippen LogP contribution in [0.4, 0.5) is 8.78 Å². The van der Waals surface area contributed by atoms with Crippen LogP contribution in [0.3, 0.4) is 0 Å². The number of aromatic carboxylic acids is 2. The van der Waals surface area contributed by atoms with E-state index >= 15 is 0 Å². The second-order valence-electron chi connectivity index (χ2n) is 5.57. The summed E-state index contributed by atoms with van der Waals surface area (Å²) in [6, 6.07) is 12.6. The zero-order valence-electron chi connectivity index (χ0n) is 13.2. The second kappa shape index (κ2) is 6.76. The molecule has 3 rings (SSSR count). The molecule has 0 aromatic heterocycles. The van der Waals surface area contributed by atoms with Gasteiger partial charge in [0.15, 0.2) is 0 Å². The highest BCUT2D eigenvalue weighted by Gasteiger charge is 2.20. The van der Waals surface area contributed by atoms with Crippen LogP contribution in [0.2, 0.25) is 0 Å². The Morgan fingerprint density at radius 1 is 0.615 bits per heavy atom. The van der Waals surface area contributed by atoms with E-state index in [0.29, 0.717) is 11.1 Å². The minimum Gasteiger partial charge on any atom is -0.478 e. The highest BCUT2D eigenvalue weighted by Crippen LogP contribution is 2.33. The van der Waals surface area contributed by atoms with Gasteiger partial charge in [-0.3, -0.25) is 0 Å². The third-order valence-electron chi connectivity index (χ3n) is 3.93. The first-order valence-corrected chi connectivity index (χ1v) is 7.53. The maximum absolute atomic E-state index is 13.1. The van der Waals surface area contributed by atoms with Gasteiger partial charge in [-0.1, -0.05) is 24.3 Å². The number of rotatable bonds is 4. The van der Waals surface area contributed by atoms with E-state index < -0.39 is 23.6 Å². The highest BCUT2D eigenvalue weighted by molar-refractivity contribution is 6.04. The SMILES string of the molecule is O=C(O)c1cc(-c2ccc(F)cc2)c(C(=O)O)cc1-c1ccc(F)cc1. The first kappa shape index (κ1) is 17.3. The van der Waals surface area contributed by atoms with Crippen molar-refractivity contribution in [3.8, 4) is 22.3 Å². The van der Waals surface area contributed by atoms with Crippen molar-refractivity contribution < 1.29 is 28.6 Å². The summed E-state index contributed by atoms with van der Waals surface area (Å²) in [4.78, 5) is 23.4. The molecule has 0 saturated heterocycles. The molecule has 3 aromatic rings. The summed E-state index contributed by atoms with van der Waals surface area (Å²) in [5.74, 6) is -3.51. The standard InChI is InChI=1S/C20H12F2O4/c21-13-5-1-11(2-6-13)15-9-18(20(25)26)16(10-17(15)19(23)24)12-3-7-14(22)8-4-12/h1-10H,(H,23,24)(H,25,26). The van der Waals surface area contributed by atoms with Crippen molar-refractivity contribution in [3.05, 3.63) is 83.4 Å². The van der Waals surface area contributed by atoms with Crippen molar-refractivity contribution in [1.82, 2.24) is 0 Å². The molecule has 130 valence electrons. The van der Waals surface area contributed by atoms with Crippen LogP contribution < -0.4 is 0 Å². The Bertz CT molecular complexity index is 910. The van der Waals surface area contributed by atoms with Gasteiger partial charge in [-0.25, -0.2) is 18.4 Å². The molecule has 26 heavy (non-hydrogen) atoms. The van der Waals surface area contributed by atoms with Gasteiger partial charge in [0.1, 0.15) is 11.6 Å². The third kappa shape index (κ3) is 3.30. The number of hydrogen-bond acceptors (Lipinski definition) is 2. The van der Waals surface area contributed by atoms with Gasteiger partial charge in [0.05, 0.1) is 11.1 Å². The quantitative estimate of drug-likeness (QED) is 0.712. The van der Waals surface area contributed by atoms with E-state index in [0.717, 1.165) is 24.3 Å². The van der Waals surface area contributed by atoms with Gasteiger partial charge >= 0.3 is 11.9 Å². The lowest BCUT2D eigenvalue weighted by atomic mass is 9.90. The molecular weight excluding hydrogens is 342 g/mol. The van der Waals surface area contributed by atoms with Crippen LogP contribution in [0.15, 0.2) is 60.7 Å². The third-order valence-corrected chi connectivity index (χ3v) is 3.93. The van der Waals surface area contributed by atoms with Crippen LogP contribution in [-0.4, -0.2) is 22.2 Å². The van der Waals surface area contributed by atoms with E-state index in [9.17, 15) is 28.6 Å². The summed E-state index contributed by atoms with van der Waals surface area (Å²) in [5, 5.41) is 19.1. The van der Waals surface area contributed by atoms with E-state index in [1.54, 1.807) is 0 Å². The Kier molecular flexibility index (Phi) is 4.49. The lowest BCUT2D eigenvalue weighted by Crippen LogP contribution is -2.06. The van der Waals surface area contributed by atoms with Gasteiger partial charge in [0.25, 0.3) is 0 Å². The fourth-order valence-corrected chi connectivity index (χ4v) is 2.69. The summed E-state index contributed by atoms with van der Waals surface area (Å²) in [7, 11) is 0. The highest BCUT2D eigenvalue weighted by atomic mass is 19.1. The summed E-state index contributed by atoms with van der Waals surface area (Å²) in [5.41, 5.74) is 0.775. The number of halogens is 2. The number of carbonyl (C=O) groups is 2. The molecule has 0 amide bonds. The van der Waals surface area contributed by atoms with Gasteiger partial charge in [0.2, 0.25) is 0 Å². The molecule has 0 bridgehead atoms. The van der Waals surface area contributed by atoms with E-state index in [1.807, 2.05) is 0 Å². The zero-order valence-corrected chi connectivity index (χ0v) is 13.2. The van der Waals surface area contributed by atoms with Gasteiger partial charge in [-0.05, 0) is 58.7 Å². The van der Waals surface area contributed by atoms with Crippen LogP contribution in [0.25, 0.3) is 22.3 Å². The molecule has 0 atom stereocenters.